The highest BCUT2D eigenvalue weighted by Crippen LogP contribution is 1.68. The Labute approximate surface area is 74.0 Å². The molecular formula is C8H19NO3. The van der Waals surface area contributed by atoms with E-state index < -0.39 is 5.97 Å². The van der Waals surface area contributed by atoms with E-state index in [1.54, 1.807) is 7.05 Å². The fourth-order valence-corrected chi connectivity index (χ4v) is 0.177. The van der Waals surface area contributed by atoms with Crippen molar-refractivity contribution in [3.05, 3.63) is 0 Å². The normalized spacial score (nSPS) is 6.42. The molecule has 2 N–H and O–H groups in total. The van der Waals surface area contributed by atoms with Crippen LogP contribution in [0.15, 0.2) is 0 Å². The predicted molar refractivity (Wildman–Crippen MR) is 49.0 cm³/mol. The SMILES string of the molecule is CC.CC(=O)O.CCC(=O)NC. The second-order valence-electron chi connectivity index (χ2n) is 1.55. The highest BCUT2D eigenvalue weighted by molar-refractivity contribution is 5.74. The molecule has 0 saturated heterocycles. The van der Waals surface area contributed by atoms with Crippen LogP contribution < -0.4 is 5.32 Å². The average Bonchev–Trinajstić information content (AvgIpc) is 2.06. The van der Waals surface area contributed by atoms with Crippen molar-refractivity contribution in [2.45, 2.75) is 34.1 Å². The second kappa shape index (κ2) is 16.5. The van der Waals surface area contributed by atoms with Crippen LogP contribution in [0.2, 0.25) is 0 Å². The third kappa shape index (κ3) is 65.2. The summed E-state index contributed by atoms with van der Waals surface area (Å²) in [5, 5.41) is 9.89. The molecule has 0 saturated carbocycles. The summed E-state index contributed by atoms with van der Waals surface area (Å²) in [5.74, 6) is -0.741. The van der Waals surface area contributed by atoms with Gasteiger partial charge in [0.1, 0.15) is 0 Å². The maximum Gasteiger partial charge on any atom is 0.300 e. The number of carbonyl (C=O) groups is 2. The van der Waals surface area contributed by atoms with Crippen LogP contribution in [0, 0.1) is 0 Å². The first-order chi connectivity index (χ1) is 5.54. The zero-order valence-electron chi connectivity index (χ0n) is 8.47. The van der Waals surface area contributed by atoms with Gasteiger partial charge >= 0.3 is 0 Å². The molecule has 1 amide bonds. The van der Waals surface area contributed by atoms with Crippen molar-refractivity contribution in [2.75, 3.05) is 7.05 Å². The highest BCUT2D eigenvalue weighted by Gasteiger charge is 1.84. The Morgan fingerprint density at radius 3 is 1.58 bits per heavy atom. The van der Waals surface area contributed by atoms with Crippen LogP contribution in [-0.2, 0) is 9.59 Å². The fraction of sp³-hybridized carbons (Fsp3) is 0.750. The van der Waals surface area contributed by atoms with E-state index in [0.29, 0.717) is 6.42 Å². The van der Waals surface area contributed by atoms with Crippen LogP contribution in [0.5, 0.6) is 0 Å². The summed E-state index contributed by atoms with van der Waals surface area (Å²) >= 11 is 0. The average molecular weight is 177 g/mol. The number of nitrogens with one attached hydrogen (secondary N) is 1. The molecule has 0 rings (SSSR count). The van der Waals surface area contributed by atoms with Gasteiger partial charge in [0.05, 0.1) is 0 Å². The third-order valence-corrected chi connectivity index (χ3v) is 0.600. The molecule has 0 unspecified atom stereocenters. The lowest BCUT2D eigenvalue weighted by Gasteiger charge is -1.87. The van der Waals surface area contributed by atoms with Crippen molar-refractivity contribution < 1.29 is 14.7 Å². The molecule has 0 aromatic rings. The summed E-state index contributed by atoms with van der Waals surface area (Å²) in [6.07, 6.45) is 0.580. The van der Waals surface area contributed by atoms with Gasteiger partial charge in [-0.05, 0) is 0 Å². The van der Waals surface area contributed by atoms with Crippen LogP contribution in [-0.4, -0.2) is 24.0 Å². The molecule has 0 atom stereocenters. The number of hydrogen-bond acceptors (Lipinski definition) is 2. The first-order valence-corrected chi connectivity index (χ1v) is 3.94. The Hall–Kier alpha value is -1.06. The first-order valence-electron chi connectivity index (χ1n) is 3.94. The van der Waals surface area contributed by atoms with Crippen molar-refractivity contribution in [1.82, 2.24) is 5.32 Å². The Morgan fingerprint density at radius 1 is 1.33 bits per heavy atom. The molecule has 0 aromatic heterocycles. The van der Waals surface area contributed by atoms with Crippen LogP contribution in [0.25, 0.3) is 0 Å². The Balaban J connectivity index is -0.000000118. The summed E-state index contributed by atoms with van der Waals surface area (Å²) in [6, 6.07) is 0. The Kier molecular flexibility index (Phi) is 23.6. The van der Waals surface area contributed by atoms with E-state index in [2.05, 4.69) is 5.32 Å². The minimum atomic E-state index is -0.833. The number of hydrogen-bond donors (Lipinski definition) is 2. The molecule has 12 heavy (non-hydrogen) atoms. The molecule has 0 aliphatic carbocycles. The monoisotopic (exact) mass is 177 g/mol. The molecule has 4 heteroatoms. The molecule has 4 nitrogen and oxygen atoms in total. The van der Waals surface area contributed by atoms with Gasteiger partial charge in [-0.25, -0.2) is 0 Å². The minimum Gasteiger partial charge on any atom is -0.481 e. The quantitative estimate of drug-likeness (QED) is 0.633. The van der Waals surface area contributed by atoms with Gasteiger partial charge in [0.2, 0.25) is 5.91 Å². The van der Waals surface area contributed by atoms with Gasteiger partial charge in [0, 0.05) is 20.4 Å². The largest absolute Gasteiger partial charge is 0.481 e. The third-order valence-electron chi connectivity index (χ3n) is 0.600. The summed E-state index contributed by atoms with van der Waals surface area (Å²) in [4.78, 5) is 19.1. The molecule has 0 aliphatic heterocycles. The molecule has 0 aliphatic rings. The number of carboxylic acid groups (broad SMARTS) is 1. The number of aliphatic carboxylic acids is 1. The predicted octanol–water partition coefficient (Wildman–Crippen LogP) is 1.26. The molecular weight excluding hydrogens is 158 g/mol. The highest BCUT2D eigenvalue weighted by atomic mass is 16.4. The summed E-state index contributed by atoms with van der Waals surface area (Å²) < 4.78 is 0. The first kappa shape index (κ1) is 17.1. The molecule has 0 heterocycles. The Bertz CT molecular complexity index is 103. The van der Waals surface area contributed by atoms with E-state index in [-0.39, 0.29) is 5.91 Å². The molecule has 0 spiro atoms. The van der Waals surface area contributed by atoms with Gasteiger partial charge < -0.3 is 10.4 Å². The minimum absolute atomic E-state index is 0.0926. The van der Waals surface area contributed by atoms with E-state index in [1.165, 1.54) is 0 Å². The zero-order chi connectivity index (χ0) is 10.6. The maximum absolute atomic E-state index is 10.1. The van der Waals surface area contributed by atoms with Crippen LogP contribution in [0.1, 0.15) is 34.1 Å². The number of carboxylic acids is 1. The molecule has 0 aromatic carbocycles. The summed E-state index contributed by atoms with van der Waals surface area (Å²) in [7, 11) is 1.63. The standard InChI is InChI=1S/C4H9NO.C2H4O2.C2H6/c1-3-4(6)5-2;1-2(3)4;1-2/h3H2,1-2H3,(H,5,6);1H3,(H,3,4);1-2H3. The number of rotatable bonds is 1. The van der Waals surface area contributed by atoms with Gasteiger partial charge in [-0.1, -0.05) is 20.8 Å². The van der Waals surface area contributed by atoms with Crippen molar-refractivity contribution in [2.24, 2.45) is 0 Å². The smallest absolute Gasteiger partial charge is 0.300 e. The molecule has 0 fully saturated rings. The van der Waals surface area contributed by atoms with E-state index in [0.717, 1.165) is 6.92 Å². The van der Waals surface area contributed by atoms with Crippen LogP contribution in [0.4, 0.5) is 0 Å². The van der Waals surface area contributed by atoms with Crippen LogP contribution >= 0.6 is 0 Å². The van der Waals surface area contributed by atoms with Gasteiger partial charge in [-0.2, -0.15) is 0 Å². The molecule has 0 radical (unpaired) electrons. The van der Waals surface area contributed by atoms with Gasteiger partial charge in [0.25, 0.3) is 5.97 Å². The maximum atomic E-state index is 10.1. The van der Waals surface area contributed by atoms with Crippen molar-refractivity contribution in [3.63, 3.8) is 0 Å². The number of amides is 1. The second-order valence-corrected chi connectivity index (χ2v) is 1.55. The molecule has 0 bridgehead atoms. The van der Waals surface area contributed by atoms with E-state index >= 15 is 0 Å². The van der Waals surface area contributed by atoms with Gasteiger partial charge in [0.15, 0.2) is 0 Å². The van der Waals surface area contributed by atoms with Gasteiger partial charge in [-0.15, -0.1) is 0 Å². The van der Waals surface area contributed by atoms with Crippen LogP contribution in [0.3, 0.4) is 0 Å². The van der Waals surface area contributed by atoms with E-state index in [4.69, 9.17) is 9.90 Å². The topological polar surface area (TPSA) is 66.4 Å². The summed E-state index contributed by atoms with van der Waals surface area (Å²) in [5.41, 5.74) is 0. The number of carbonyl (C=O) groups excluding carboxylic acids is 1. The lowest BCUT2D eigenvalue weighted by molar-refractivity contribution is -0.134. The summed E-state index contributed by atoms with van der Waals surface area (Å²) in [6.45, 7) is 6.90. The Morgan fingerprint density at radius 2 is 1.58 bits per heavy atom. The van der Waals surface area contributed by atoms with E-state index in [9.17, 15) is 4.79 Å². The zero-order valence-corrected chi connectivity index (χ0v) is 8.47. The lowest BCUT2D eigenvalue weighted by Crippen LogP contribution is -2.15. The van der Waals surface area contributed by atoms with E-state index in [1.807, 2.05) is 20.8 Å². The van der Waals surface area contributed by atoms with Crippen molar-refractivity contribution in [1.29, 1.82) is 0 Å². The molecule has 74 valence electrons. The fourth-order valence-electron chi connectivity index (χ4n) is 0.177. The van der Waals surface area contributed by atoms with Crippen molar-refractivity contribution in [3.8, 4) is 0 Å². The lowest BCUT2D eigenvalue weighted by atomic mass is 10.5. The van der Waals surface area contributed by atoms with Gasteiger partial charge in [-0.3, -0.25) is 9.59 Å². The van der Waals surface area contributed by atoms with Crippen molar-refractivity contribution >= 4 is 11.9 Å².